The number of benzene rings is 1. The van der Waals surface area contributed by atoms with Crippen LogP contribution >= 0.6 is 11.3 Å². The van der Waals surface area contributed by atoms with Crippen LogP contribution in [0.25, 0.3) is 0 Å². The number of thiophene rings is 1. The highest BCUT2D eigenvalue weighted by Gasteiger charge is 2.19. The summed E-state index contributed by atoms with van der Waals surface area (Å²) in [4.78, 5) is 0.120. The summed E-state index contributed by atoms with van der Waals surface area (Å²) in [6, 6.07) is 4.85. The van der Waals surface area contributed by atoms with Gasteiger partial charge in [-0.2, -0.15) is 11.3 Å². The van der Waals surface area contributed by atoms with Crippen molar-refractivity contribution in [2.75, 3.05) is 7.11 Å². The lowest BCUT2D eigenvalue weighted by atomic mass is 10.2. The minimum absolute atomic E-state index is 0.120. The summed E-state index contributed by atoms with van der Waals surface area (Å²) in [5.41, 5.74) is 8.42. The number of nitrogens with one attached hydrogen (secondary N) is 1. The fourth-order valence-corrected chi connectivity index (χ4v) is 3.89. The van der Waals surface area contributed by atoms with Crippen LogP contribution in [0.3, 0.4) is 0 Å². The van der Waals surface area contributed by atoms with E-state index in [9.17, 15) is 8.42 Å². The van der Waals surface area contributed by atoms with Crippen molar-refractivity contribution < 1.29 is 13.2 Å². The molecule has 0 aliphatic heterocycles. The fraction of sp³-hybridized carbons (Fsp3) is 0.286. The third-order valence-electron chi connectivity index (χ3n) is 3.17. The molecule has 0 saturated carbocycles. The second kappa shape index (κ2) is 6.57. The zero-order chi connectivity index (χ0) is 15.5. The molecule has 0 bridgehead atoms. The molecule has 0 spiro atoms. The molecule has 2 aromatic rings. The van der Waals surface area contributed by atoms with Crippen molar-refractivity contribution in [2.45, 2.75) is 24.9 Å². The predicted octanol–water partition coefficient (Wildman–Crippen LogP) is 2.00. The first-order valence-electron chi connectivity index (χ1n) is 6.36. The maximum Gasteiger partial charge on any atom is 0.244 e. The molecule has 5 nitrogen and oxygen atoms in total. The normalized spacial score (nSPS) is 11.6. The molecule has 0 saturated heterocycles. The largest absolute Gasteiger partial charge is 0.495 e. The van der Waals surface area contributed by atoms with E-state index in [-0.39, 0.29) is 11.4 Å². The number of aryl methyl sites for hydroxylation is 1. The first kappa shape index (κ1) is 16.0. The van der Waals surface area contributed by atoms with Crippen molar-refractivity contribution in [1.82, 2.24) is 4.72 Å². The van der Waals surface area contributed by atoms with Crippen molar-refractivity contribution in [3.8, 4) is 5.75 Å². The van der Waals surface area contributed by atoms with Gasteiger partial charge in [0, 0.05) is 13.1 Å². The summed E-state index contributed by atoms with van der Waals surface area (Å²) in [6.07, 6.45) is 0. The van der Waals surface area contributed by atoms with Gasteiger partial charge in [0.1, 0.15) is 10.6 Å². The summed E-state index contributed by atoms with van der Waals surface area (Å²) in [6.45, 7) is 2.55. The van der Waals surface area contributed by atoms with Gasteiger partial charge in [-0.25, -0.2) is 13.1 Å². The third-order valence-corrected chi connectivity index (χ3v) is 5.52. The van der Waals surface area contributed by atoms with Gasteiger partial charge in [-0.15, -0.1) is 0 Å². The molecule has 0 radical (unpaired) electrons. The molecule has 0 aliphatic carbocycles. The van der Waals surface area contributed by atoms with Gasteiger partial charge in [0.25, 0.3) is 0 Å². The monoisotopic (exact) mass is 326 g/mol. The molecule has 2 rings (SSSR count). The Bertz CT molecular complexity index is 724. The Kier molecular flexibility index (Phi) is 5.00. The molecule has 114 valence electrons. The molecule has 0 fully saturated rings. The number of ether oxygens (including phenoxy) is 1. The van der Waals surface area contributed by atoms with E-state index >= 15 is 0 Å². The Morgan fingerprint density at radius 1 is 1.33 bits per heavy atom. The molecule has 0 amide bonds. The molecule has 1 aromatic carbocycles. The van der Waals surface area contributed by atoms with Gasteiger partial charge in [0.15, 0.2) is 0 Å². The van der Waals surface area contributed by atoms with Gasteiger partial charge >= 0.3 is 0 Å². The Morgan fingerprint density at radius 3 is 2.67 bits per heavy atom. The predicted molar refractivity (Wildman–Crippen MR) is 84.0 cm³/mol. The number of methoxy groups -OCH3 is 1. The summed E-state index contributed by atoms with van der Waals surface area (Å²) in [5.74, 6) is 0.299. The van der Waals surface area contributed by atoms with Gasteiger partial charge in [0.2, 0.25) is 10.0 Å². The van der Waals surface area contributed by atoms with Gasteiger partial charge in [-0.3, -0.25) is 0 Å². The zero-order valence-corrected chi connectivity index (χ0v) is 13.6. The Balaban J connectivity index is 2.25. The lowest BCUT2D eigenvalue weighted by Gasteiger charge is -2.12. The van der Waals surface area contributed by atoms with Gasteiger partial charge in [-0.05, 0) is 46.5 Å². The Hall–Kier alpha value is -1.41. The van der Waals surface area contributed by atoms with E-state index in [0.29, 0.717) is 12.3 Å². The van der Waals surface area contributed by atoms with Crippen LogP contribution in [0.5, 0.6) is 5.75 Å². The smallest absolute Gasteiger partial charge is 0.244 e. The molecule has 21 heavy (non-hydrogen) atoms. The molecule has 1 aromatic heterocycles. The van der Waals surface area contributed by atoms with E-state index in [1.54, 1.807) is 23.5 Å². The summed E-state index contributed by atoms with van der Waals surface area (Å²) < 4.78 is 32.6. The van der Waals surface area contributed by atoms with E-state index in [1.165, 1.54) is 13.2 Å². The molecular weight excluding hydrogens is 308 g/mol. The zero-order valence-electron chi connectivity index (χ0n) is 11.9. The minimum Gasteiger partial charge on any atom is -0.495 e. The van der Waals surface area contributed by atoms with Crippen molar-refractivity contribution in [3.63, 3.8) is 0 Å². The van der Waals surface area contributed by atoms with E-state index in [2.05, 4.69) is 4.72 Å². The van der Waals surface area contributed by atoms with Gasteiger partial charge in [0.05, 0.1) is 7.11 Å². The maximum atomic E-state index is 12.4. The average Bonchev–Trinajstić information content (AvgIpc) is 2.89. The number of rotatable bonds is 6. The summed E-state index contributed by atoms with van der Waals surface area (Å²) in [5, 5.41) is 3.92. The van der Waals surface area contributed by atoms with Crippen LogP contribution in [0.1, 0.15) is 16.7 Å². The quantitative estimate of drug-likeness (QED) is 0.851. The molecule has 7 heteroatoms. The first-order chi connectivity index (χ1) is 9.97. The molecule has 1 heterocycles. The molecule has 0 atom stereocenters. The van der Waals surface area contributed by atoms with Crippen molar-refractivity contribution in [3.05, 3.63) is 45.6 Å². The summed E-state index contributed by atoms with van der Waals surface area (Å²) >= 11 is 1.55. The van der Waals surface area contributed by atoms with Crippen LogP contribution in [0.15, 0.2) is 33.9 Å². The highest BCUT2D eigenvalue weighted by molar-refractivity contribution is 7.89. The molecule has 0 unspecified atom stereocenters. The minimum atomic E-state index is -3.63. The number of nitrogens with two attached hydrogens (primary N) is 1. The number of sulfonamides is 1. The third kappa shape index (κ3) is 3.62. The molecule has 3 N–H and O–H groups in total. The van der Waals surface area contributed by atoms with E-state index in [1.807, 2.05) is 17.7 Å². The topological polar surface area (TPSA) is 81.4 Å². The van der Waals surface area contributed by atoms with E-state index in [0.717, 1.165) is 16.7 Å². The van der Waals surface area contributed by atoms with Gasteiger partial charge < -0.3 is 10.5 Å². The first-order valence-corrected chi connectivity index (χ1v) is 8.79. The van der Waals surface area contributed by atoms with Crippen molar-refractivity contribution in [2.24, 2.45) is 5.73 Å². The highest BCUT2D eigenvalue weighted by Crippen LogP contribution is 2.25. The Labute approximate surface area is 128 Å². The van der Waals surface area contributed by atoms with Crippen LogP contribution in [0.2, 0.25) is 0 Å². The lowest BCUT2D eigenvalue weighted by molar-refractivity contribution is 0.401. The second-order valence-corrected chi connectivity index (χ2v) is 7.07. The average molecular weight is 326 g/mol. The standard InChI is InChI=1S/C14H18N2O3S2/c1-10-8-20-9-12(10)7-16-21(17,18)14-4-3-11(6-15)5-13(14)19-2/h3-5,8-9,16H,6-7,15H2,1-2H3. The molecular formula is C14H18N2O3S2. The maximum absolute atomic E-state index is 12.4. The van der Waals surface area contributed by atoms with Crippen LogP contribution in [-0.4, -0.2) is 15.5 Å². The van der Waals surface area contributed by atoms with Crippen LogP contribution in [0.4, 0.5) is 0 Å². The van der Waals surface area contributed by atoms with Crippen LogP contribution in [0, 0.1) is 6.92 Å². The van der Waals surface area contributed by atoms with Gasteiger partial charge in [-0.1, -0.05) is 6.07 Å². The van der Waals surface area contributed by atoms with E-state index in [4.69, 9.17) is 10.5 Å². The second-order valence-electron chi connectivity index (χ2n) is 4.59. The lowest BCUT2D eigenvalue weighted by Crippen LogP contribution is -2.24. The number of hydrogen-bond acceptors (Lipinski definition) is 5. The van der Waals surface area contributed by atoms with E-state index < -0.39 is 10.0 Å². The number of hydrogen-bond donors (Lipinski definition) is 2. The highest BCUT2D eigenvalue weighted by atomic mass is 32.2. The molecule has 0 aliphatic rings. The fourth-order valence-electron chi connectivity index (χ4n) is 1.88. The Morgan fingerprint density at radius 2 is 2.10 bits per heavy atom. The van der Waals surface area contributed by atoms with Crippen molar-refractivity contribution in [1.29, 1.82) is 0 Å². The van der Waals surface area contributed by atoms with Crippen LogP contribution < -0.4 is 15.2 Å². The SMILES string of the molecule is COc1cc(CN)ccc1S(=O)(=O)NCc1cscc1C. The van der Waals surface area contributed by atoms with Crippen LogP contribution in [-0.2, 0) is 23.1 Å². The summed E-state index contributed by atoms with van der Waals surface area (Å²) in [7, 11) is -2.19. The van der Waals surface area contributed by atoms with Crippen molar-refractivity contribution >= 4 is 21.4 Å².